The predicted octanol–water partition coefficient (Wildman–Crippen LogP) is 3.42. The van der Waals surface area contributed by atoms with E-state index in [0.29, 0.717) is 17.8 Å². The summed E-state index contributed by atoms with van der Waals surface area (Å²) in [6.07, 6.45) is 3.12. The lowest BCUT2D eigenvalue weighted by molar-refractivity contribution is 0.0955. The van der Waals surface area contributed by atoms with Crippen LogP contribution in [-0.2, 0) is 13.0 Å². The highest BCUT2D eigenvalue weighted by molar-refractivity contribution is 7.19. The van der Waals surface area contributed by atoms with Crippen LogP contribution < -0.4 is 5.32 Å². The first kappa shape index (κ1) is 13.6. The zero-order chi connectivity index (χ0) is 15.1. The lowest BCUT2D eigenvalue weighted by Crippen LogP contribution is -2.21. The van der Waals surface area contributed by atoms with Crippen molar-refractivity contribution in [2.24, 2.45) is 0 Å². The van der Waals surface area contributed by atoms with Crippen molar-refractivity contribution in [2.75, 3.05) is 0 Å². The van der Waals surface area contributed by atoms with Gasteiger partial charge in [-0.1, -0.05) is 0 Å². The number of nitrogens with one attached hydrogen (secondary N) is 1. The summed E-state index contributed by atoms with van der Waals surface area (Å²) in [6, 6.07) is 7.66. The van der Waals surface area contributed by atoms with Gasteiger partial charge in [-0.3, -0.25) is 14.6 Å². The van der Waals surface area contributed by atoms with Crippen molar-refractivity contribution in [3.05, 3.63) is 50.7 Å². The smallest absolute Gasteiger partial charge is 0.261 e. The van der Waals surface area contributed by atoms with Crippen molar-refractivity contribution < 1.29 is 9.59 Å². The first-order valence-electron chi connectivity index (χ1n) is 6.98. The quantitative estimate of drug-likeness (QED) is 0.801. The molecule has 0 saturated heterocycles. The highest BCUT2D eigenvalue weighted by Gasteiger charge is 2.24. The minimum Gasteiger partial charge on any atom is -0.346 e. The number of carbonyl (C=O) groups is 2. The van der Waals surface area contributed by atoms with Gasteiger partial charge in [0.1, 0.15) is 0 Å². The SMILES string of the molecule is O=C(NCc1cc2ncccc2s1)c1cc2c(s1)CCC2=O. The Kier molecular flexibility index (Phi) is 3.28. The fraction of sp³-hybridized carbons (Fsp3) is 0.188. The van der Waals surface area contributed by atoms with E-state index in [1.165, 1.54) is 11.3 Å². The van der Waals surface area contributed by atoms with Crippen LogP contribution in [0.15, 0.2) is 30.5 Å². The molecule has 1 amide bonds. The summed E-state index contributed by atoms with van der Waals surface area (Å²) < 4.78 is 1.12. The number of rotatable bonds is 3. The van der Waals surface area contributed by atoms with Gasteiger partial charge in [0.2, 0.25) is 0 Å². The third kappa shape index (κ3) is 2.34. The molecule has 0 fully saturated rings. The molecule has 3 heterocycles. The van der Waals surface area contributed by atoms with E-state index in [1.54, 1.807) is 23.6 Å². The number of aryl methyl sites for hydroxylation is 1. The van der Waals surface area contributed by atoms with Gasteiger partial charge >= 0.3 is 0 Å². The van der Waals surface area contributed by atoms with Crippen LogP contribution in [-0.4, -0.2) is 16.7 Å². The molecule has 6 heteroatoms. The average molecular weight is 328 g/mol. The minimum absolute atomic E-state index is 0.113. The summed E-state index contributed by atoms with van der Waals surface area (Å²) in [7, 11) is 0. The van der Waals surface area contributed by atoms with Crippen LogP contribution in [0.2, 0.25) is 0 Å². The summed E-state index contributed by atoms with van der Waals surface area (Å²) in [5.74, 6) is 0.0403. The van der Waals surface area contributed by atoms with E-state index >= 15 is 0 Å². The van der Waals surface area contributed by atoms with Gasteiger partial charge in [-0.25, -0.2) is 0 Å². The molecule has 22 heavy (non-hydrogen) atoms. The van der Waals surface area contributed by atoms with E-state index < -0.39 is 0 Å². The first-order chi connectivity index (χ1) is 10.7. The number of hydrogen-bond donors (Lipinski definition) is 1. The second kappa shape index (κ2) is 5.30. The van der Waals surface area contributed by atoms with Gasteiger partial charge < -0.3 is 5.32 Å². The van der Waals surface area contributed by atoms with Gasteiger partial charge in [-0.15, -0.1) is 22.7 Å². The molecule has 1 aliphatic rings. The molecule has 0 aliphatic heterocycles. The van der Waals surface area contributed by atoms with Crippen LogP contribution in [0.3, 0.4) is 0 Å². The molecular formula is C16H12N2O2S2. The van der Waals surface area contributed by atoms with Crippen LogP contribution in [0.25, 0.3) is 10.2 Å². The van der Waals surface area contributed by atoms with E-state index in [4.69, 9.17) is 0 Å². The molecule has 1 aliphatic carbocycles. The largest absolute Gasteiger partial charge is 0.346 e. The molecule has 0 bridgehead atoms. The maximum Gasteiger partial charge on any atom is 0.261 e. The Morgan fingerprint density at radius 2 is 2.18 bits per heavy atom. The van der Waals surface area contributed by atoms with Crippen LogP contribution in [0.1, 0.15) is 36.2 Å². The molecule has 1 N–H and O–H groups in total. The Bertz CT molecular complexity index is 862. The number of amides is 1. The number of Topliss-reactive ketones (excluding diaryl/α,β-unsaturated/α-hetero) is 1. The Hall–Kier alpha value is -2.05. The highest BCUT2D eigenvalue weighted by atomic mass is 32.1. The fourth-order valence-electron chi connectivity index (χ4n) is 2.59. The Morgan fingerprint density at radius 1 is 1.27 bits per heavy atom. The molecule has 110 valence electrons. The molecule has 4 nitrogen and oxygen atoms in total. The molecule has 4 rings (SSSR count). The molecule has 0 spiro atoms. The topological polar surface area (TPSA) is 59.1 Å². The van der Waals surface area contributed by atoms with Gasteiger partial charge in [0.15, 0.2) is 5.78 Å². The number of nitrogens with zero attached hydrogens (tertiary/aromatic N) is 1. The molecule has 3 aromatic heterocycles. The van der Waals surface area contributed by atoms with Crippen molar-refractivity contribution in [3.63, 3.8) is 0 Å². The monoisotopic (exact) mass is 328 g/mol. The van der Waals surface area contributed by atoms with Crippen molar-refractivity contribution in [3.8, 4) is 0 Å². The Morgan fingerprint density at radius 3 is 3.00 bits per heavy atom. The molecular weight excluding hydrogens is 316 g/mol. The molecule has 0 atom stereocenters. The normalized spacial score (nSPS) is 13.5. The number of ketones is 1. The summed E-state index contributed by atoms with van der Waals surface area (Å²) in [4.78, 5) is 30.9. The summed E-state index contributed by atoms with van der Waals surface area (Å²) in [5, 5.41) is 2.92. The van der Waals surface area contributed by atoms with E-state index in [9.17, 15) is 9.59 Å². The predicted molar refractivity (Wildman–Crippen MR) is 87.8 cm³/mol. The number of fused-ring (bicyclic) bond motifs is 2. The van der Waals surface area contributed by atoms with E-state index in [-0.39, 0.29) is 11.7 Å². The number of aromatic nitrogens is 1. The van der Waals surface area contributed by atoms with Crippen molar-refractivity contribution in [1.82, 2.24) is 10.3 Å². The first-order valence-corrected chi connectivity index (χ1v) is 8.61. The second-order valence-electron chi connectivity index (χ2n) is 5.15. The van der Waals surface area contributed by atoms with Crippen molar-refractivity contribution in [2.45, 2.75) is 19.4 Å². The number of pyridine rings is 1. The van der Waals surface area contributed by atoms with Crippen molar-refractivity contribution >= 4 is 44.6 Å². The molecule has 0 radical (unpaired) electrons. The third-order valence-corrected chi connectivity index (χ3v) is 5.96. The van der Waals surface area contributed by atoms with E-state index in [2.05, 4.69) is 10.3 Å². The molecule has 0 saturated carbocycles. The van der Waals surface area contributed by atoms with Gasteiger partial charge in [-0.05, 0) is 30.7 Å². The number of carbonyl (C=O) groups excluding carboxylic acids is 2. The third-order valence-electron chi connectivity index (χ3n) is 3.67. The van der Waals surface area contributed by atoms with Crippen LogP contribution in [0, 0.1) is 0 Å². The molecule has 0 aromatic carbocycles. The van der Waals surface area contributed by atoms with E-state index in [1.807, 2.05) is 18.2 Å². The van der Waals surface area contributed by atoms with Crippen LogP contribution in [0.5, 0.6) is 0 Å². The second-order valence-corrected chi connectivity index (χ2v) is 7.46. The van der Waals surface area contributed by atoms with Gasteiger partial charge in [-0.2, -0.15) is 0 Å². The standard InChI is InChI=1S/C16H12N2O2S2/c19-12-3-4-13-10(12)7-15(22-13)16(20)18-8-9-6-11-14(21-9)2-1-5-17-11/h1-2,5-7H,3-4,8H2,(H,18,20). The average Bonchev–Trinajstić information content (AvgIpc) is 3.20. The Labute approximate surface area is 134 Å². The van der Waals surface area contributed by atoms with Gasteiger partial charge in [0.25, 0.3) is 5.91 Å². The number of hydrogen-bond acceptors (Lipinski definition) is 5. The summed E-state index contributed by atoms with van der Waals surface area (Å²) in [6.45, 7) is 0.483. The zero-order valence-corrected chi connectivity index (χ0v) is 13.2. The maximum absolute atomic E-state index is 12.2. The maximum atomic E-state index is 12.2. The van der Waals surface area contributed by atoms with Gasteiger partial charge in [0, 0.05) is 27.9 Å². The minimum atomic E-state index is -0.113. The lowest BCUT2D eigenvalue weighted by atomic mass is 10.2. The highest BCUT2D eigenvalue weighted by Crippen LogP contribution is 2.30. The summed E-state index contributed by atoms with van der Waals surface area (Å²) in [5.41, 5.74) is 1.69. The van der Waals surface area contributed by atoms with Crippen molar-refractivity contribution in [1.29, 1.82) is 0 Å². The van der Waals surface area contributed by atoms with Gasteiger partial charge in [0.05, 0.1) is 21.6 Å². The molecule has 3 aromatic rings. The number of thiophene rings is 2. The Balaban J connectivity index is 1.48. The van der Waals surface area contributed by atoms with Crippen LogP contribution >= 0.6 is 22.7 Å². The lowest BCUT2D eigenvalue weighted by Gasteiger charge is -2.00. The zero-order valence-electron chi connectivity index (χ0n) is 11.6. The summed E-state index contributed by atoms with van der Waals surface area (Å²) >= 11 is 3.06. The van der Waals surface area contributed by atoms with E-state index in [0.717, 1.165) is 32.0 Å². The van der Waals surface area contributed by atoms with Crippen LogP contribution in [0.4, 0.5) is 0 Å². The molecule has 0 unspecified atom stereocenters. The fourth-order valence-corrected chi connectivity index (χ4v) is 4.64.